The molecule has 2 rings (SSSR count). The summed E-state index contributed by atoms with van der Waals surface area (Å²) >= 11 is -0.911. The Labute approximate surface area is 89.3 Å². The molecule has 13 heavy (non-hydrogen) atoms. The fourth-order valence-electron chi connectivity index (χ4n) is 1.44. The molecule has 0 unspecified atom stereocenters. The first-order valence-electron chi connectivity index (χ1n) is 4.32. The van der Waals surface area contributed by atoms with Crippen molar-refractivity contribution in [3.8, 4) is 5.75 Å². The summed E-state index contributed by atoms with van der Waals surface area (Å²) in [5.74, 6) is 0.944. The van der Waals surface area contributed by atoms with Crippen LogP contribution in [-0.2, 0) is 8.58 Å². The fourth-order valence-corrected chi connectivity index (χ4v) is 4.32. The number of hydrogen-bond donors (Lipinski definition) is 0. The molecule has 70 valence electrons. The Morgan fingerprint density at radius 3 is 2.69 bits per heavy atom. The van der Waals surface area contributed by atoms with Gasteiger partial charge >= 0.3 is 89.3 Å². The third-order valence-corrected chi connectivity index (χ3v) is 4.64. The van der Waals surface area contributed by atoms with Gasteiger partial charge in [-0.2, -0.15) is 0 Å². The van der Waals surface area contributed by atoms with Crippen LogP contribution in [0.15, 0.2) is 18.2 Å². The maximum atomic E-state index is 5.12. The van der Waals surface area contributed by atoms with E-state index in [1.807, 2.05) is 12.1 Å². The van der Waals surface area contributed by atoms with E-state index in [1.165, 1.54) is 9.07 Å². The molecular formula is C10H13O2Sb. The molecular weight excluding hydrogens is 274 g/mol. The predicted molar refractivity (Wildman–Crippen MR) is 53.6 cm³/mol. The summed E-state index contributed by atoms with van der Waals surface area (Å²) in [6, 6.07) is 6.20. The van der Waals surface area contributed by atoms with E-state index in [4.69, 9.17) is 8.05 Å². The van der Waals surface area contributed by atoms with Gasteiger partial charge in [-0.3, -0.25) is 0 Å². The van der Waals surface area contributed by atoms with Gasteiger partial charge in [0.2, 0.25) is 0 Å². The Balaban J connectivity index is 2.54. The van der Waals surface area contributed by atoms with E-state index in [-0.39, 0.29) is 5.41 Å². The Hall–Kier alpha value is -0.202. The average molecular weight is 287 g/mol. The third kappa shape index (κ3) is 1.70. The summed E-state index contributed by atoms with van der Waals surface area (Å²) < 4.78 is 6.48. The summed E-state index contributed by atoms with van der Waals surface area (Å²) in [5.41, 5.74) is 1.58. The molecule has 1 aliphatic rings. The monoisotopic (exact) mass is 286 g/mol. The van der Waals surface area contributed by atoms with E-state index >= 15 is 0 Å². The van der Waals surface area contributed by atoms with Gasteiger partial charge in [0.25, 0.3) is 0 Å². The van der Waals surface area contributed by atoms with Crippen molar-refractivity contribution >= 4 is 25.5 Å². The van der Waals surface area contributed by atoms with E-state index in [1.54, 1.807) is 0 Å². The van der Waals surface area contributed by atoms with Gasteiger partial charge in [-0.25, -0.2) is 0 Å². The van der Waals surface area contributed by atoms with Gasteiger partial charge in [0.1, 0.15) is 0 Å². The Morgan fingerprint density at radius 2 is 2.00 bits per heavy atom. The van der Waals surface area contributed by atoms with Crippen molar-refractivity contribution in [2.24, 2.45) is 0 Å². The van der Waals surface area contributed by atoms with Crippen LogP contribution in [0.1, 0.15) is 26.3 Å². The van der Waals surface area contributed by atoms with E-state index in [2.05, 4.69) is 26.8 Å². The zero-order valence-electron chi connectivity index (χ0n) is 8.05. The van der Waals surface area contributed by atoms with Gasteiger partial charge < -0.3 is 0 Å². The molecule has 0 radical (unpaired) electrons. The molecule has 0 saturated carbocycles. The molecule has 1 aromatic rings. The standard InChI is InChI=1S/C10H13O2.Sb.H/c1-10(2,3)8-5-4-6-9(7-8)12-11;;/h4-6,11H,1-3H3;;/q;+1;/p-1. The SMILES string of the molecule is CC(C)(C)c1cccc2[c]1[SbH][O]O2. The zero-order valence-corrected chi connectivity index (χ0v) is 10.9. The van der Waals surface area contributed by atoms with E-state index in [0.717, 1.165) is 5.75 Å². The van der Waals surface area contributed by atoms with Crippen LogP contribution < -0.4 is 8.40 Å². The summed E-state index contributed by atoms with van der Waals surface area (Å²) in [6.45, 7) is 6.67. The molecule has 1 heterocycles. The third-order valence-electron chi connectivity index (χ3n) is 2.11. The quantitative estimate of drug-likeness (QED) is 0.529. The van der Waals surface area contributed by atoms with Gasteiger partial charge in [0, 0.05) is 0 Å². The minimum atomic E-state index is -0.911. The van der Waals surface area contributed by atoms with Gasteiger partial charge in [0.15, 0.2) is 0 Å². The molecule has 3 heteroatoms. The summed E-state index contributed by atoms with van der Waals surface area (Å²) in [7, 11) is 0. The topological polar surface area (TPSA) is 18.5 Å². The van der Waals surface area contributed by atoms with Gasteiger partial charge in [-0.15, -0.1) is 0 Å². The van der Waals surface area contributed by atoms with Crippen LogP contribution in [0.5, 0.6) is 5.75 Å². The second kappa shape index (κ2) is 3.18. The number of rotatable bonds is 0. The van der Waals surface area contributed by atoms with Gasteiger partial charge in [-0.1, -0.05) is 0 Å². The second-order valence-corrected chi connectivity index (χ2v) is 6.68. The molecule has 0 N–H and O–H groups in total. The number of benzene rings is 1. The Morgan fingerprint density at radius 1 is 1.23 bits per heavy atom. The van der Waals surface area contributed by atoms with Crippen molar-refractivity contribution in [1.82, 2.24) is 0 Å². The molecule has 0 aromatic heterocycles. The number of fused-ring (bicyclic) bond motifs is 1. The molecule has 1 aromatic carbocycles. The normalized spacial score (nSPS) is 15.3. The molecule has 1 aliphatic heterocycles. The Bertz CT molecular complexity index is 328. The van der Waals surface area contributed by atoms with Crippen LogP contribution >= 0.6 is 0 Å². The minimum absolute atomic E-state index is 0.198. The van der Waals surface area contributed by atoms with Crippen LogP contribution in [0.3, 0.4) is 0 Å². The van der Waals surface area contributed by atoms with Crippen molar-refractivity contribution < 1.29 is 8.05 Å². The van der Waals surface area contributed by atoms with Crippen LogP contribution in [-0.4, -0.2) is 22.0 Å². The fraction of sp³-hybridized carbons (Fsp3) is 0.400. The molecule has 0 saturated heterocycles. The molecule has 0 spiro atoms. The van der Waals surface area contributed by atoms with Crippen molar-refractivity contribution in [3.05, 3.63) is 23.8 Å². The first kappa shape index (κ1) is 9.36. The van der Waals surface area contributed by atoms with Crippen molar-refractivity contribution in [3.63, 3.8) is 0 Å². The van der Waals surface area contributed by atoms with E-state index < -0.39 is 22.0 Å². The maximum absolute atomic E-state index is 5.12. The second-order valence-electron chi connectivity index (χ2n) is 4.20. The summed E-state index contributed by atoms with van der Waals surface area (Å²) in [6.07, 6.45) is 0. The van der Waals surface area contributed by atoms with Crippen molar-refractivity contribution in [2.75, 3.05) is 0 Å². The van der Waals surface area contributed by atoms with Crippen LogP contribution in [0.2, 0.25) is 0 Å². The van der Waals surface area contributed by atoms with Gasteiger partial charge in [-0.05, 0) is 0 Å². The average Bonchev–Trinajstić information content (AvgIpc) is 2.48. The first-order chi connectivity index (χ1) is 6.09. The molecule has 0 atom stereocenters. The van der Waals surface area contributed by atoms with Crippen LogP contribution in [0.4, 0.5) is 0 Å². The van der Waals surface area contributed by atoms with Crippen molar-refractivity contribution in [1.29, 1.82) is 0 Å². The molecule has 0 fully saturated rings. The van der Waals surface area contributed by atoms with E-state index in [9.17, 15) is 0 Å². The number of hydrogen-bond acceptors (Lipinski definition) is 2. The van der Waals surface area contributed by atoms with E-state index in [0.29, 0.717) is 0 Å². The zero-order chi connectivity index (χ0) is 9.47. The predicted octanol–water partition coefficient (Wildman–Crippen LogP) is 1.28. The Kier molecular flexibility index (Phi) is 2.29. The first-order valence-corrected chi connectivity index (χ1v) is 6.91. The van der Waals surface area contributed by atoms with Crippen molar-refractivity contribution in [2.45, 2.75) is 26.2 Å². The summed E-state index contributed by atoms with van der Waals surface area (Å²) in [5, 5.41) is 0. The van der Waals surface area contributed by atoms with Crippen LogP contribution in [0.25, 0.3) is 0 Å². The molecule has 2 nitrogen and oxygen atoms in total. The molecule has 0 aliphatic carbocycles. The van der Waals surface area contributed by atoms with Crippen LogP contribution in [0, 0.1) is 0 Å². The van der Waals surface area contributed by atoms with Gasteiger partial charge in [0.05, 0.1) is 0 Å². The molecule has 0 bridgehead atoms. The summed E-state index contributed by atoms with van der Waals surface area (Å²) in [4.78, 5) is 5.11. The molecule has 0 amide bonds.